The van der Waals surface area contributed by atoms with Gasteiger partial charge in [-0.25, -0.2) is 0 Å². The standard InChI is InChI=1S/C13H13AsClN/c1-11-7-9-13(10-8-11)16-14(15)12-5-3-2-4-6-12/h2-10,16H,1H3. The molecule has 2 rings (SSSR count). The first kappa shape index (κ1) is 11.6. The van der Waals surface area contributed by atoms with E-state index in [2.05, 4.69) is 47.6 Å². The second-order valence-corrected chi connectivity index (χ2v) is 8.08. The molecule has 3 heteroatoms. The summed E-state index contributed by atoms with van der Waals surface area (Å²) in [7, 11) is 6.42. The van der Waals surface area contributed by atoms with Crippen molar-refractivity contribution in [3.8, 4) is 0 Å². The van der Waals surface area contributed by atoms with Crippen LogP contribution in [0.25, 0.3) is 0 Å². The van der Waals surface area contributed by atoms with Gasteiger partial charge in [0.1, 0.15) is 0 Å². The molecular formula is C13H13AsClN. The third kappa shape index (κ3) is 3.04. The predicted octanol–water partition coefficient (Wildman–Crippen LogP) is 3.04. The zero-order chi connectivity index (χ0) is 11.4. The van der Waals surface area contributed by atoms with E-state index >= 15 is 0 Å². The zero-order valence-electron chi connectivity index (χ0n) is 9.02. The van der Waals surface area contributed by atoms with Gasteiger partial charge in [0.2, 0.25) is 0 Å². The van der Waals surface area contributed by atoms with Crippen molar-refractivity contribution in [1.29, 1.82) is 0 Å². The molecule has 1 atom stereocenters. The normalized spacial score (nSPS) is 12.1. The molecule has 2 aromatic rings. The van der Waals surface area contributed by atoms with Gasteiger partial charge in [0.15, 0.2) is 0 Å². The molecule has 0 radical (unpaired) electrons. The Balaban J connectivity index is 2.08. The third-order valence-electron chi connectivity index (χ3n) is 2.26. The average Bonchev–Trinajstić information content (AvgIpc) is 2.33. The van der Waals surface area contributed by atoms with Gasteiger partial charge >= 0.3 is 105 Å². The van der Waals surface area contributed by atoms with Crippen LogP contribution in [0.2, 0.25) is 0 Å². The summed E-state index contributed by atoms with van der Waals surface area (Å²) in [6.07, 6.45) is 0. The minimum absolute atomic E-state index is 1.10. The van der Waals surface area contributed by atoms with E-state index in [0.717, 1.165) is 5.69 Å². The first-order chi connectivity index (χ1) is 7.75. The first-order valence-corrected chi connectivity index (χ1v) is 9.44. The van der Waals surface area contributed by atoms with Gasteiger partial charge < -0.3 is 0 Å². The molecule has 82 valence electrons. The fourth-order valence-corrected chi connectivity index (χ4v) is 4.43. The summed E-state index contributed by atoms with van der Waals surface area (Å²) in [5, 5.41) is 0. The second-order valence-electron chi connectivity index (χ2n) is 3.59. The van der Waals surface area contributed by atoms with Crippen LogP contribution in [0.1, 0.15) is 5.56 Å². The molecule has 0 fully saturated rings. The van der Waals surface area contributed by atoms with Crippen LogP contribution < -0.4 is 8.58 Å². The van der Waals surface area contributed by atoms with Crippen LogP contribution in [0.5, 0.6) is 0 Å². The molecule has 0 amide bonds. The van der Waals surface area contributed by atoms with Crippen molar-refractivity contribution in [3.63, 3.8) is 0 Å². The van der Waals surface area contributed by atoms with Gasteiger partial charge in [-0.3, -0.25) is 0 Å². The number of halogens is 1. The molecule has 0 bridgehead atoms. The Morgan fingerprint density at radius 2 is 1.56 bits per heavy atom. The van der Waals surface area contributed by atoms with Crippen LogP contribution in [0, 0.1) is 6.92 Å². The van der Waals surface area contributed by atoms with E-state index in [1.807, 2.05) is 18.2 Å². The number of benzene rings is 2. The minimum atomic E-state index is -1.65. The van der Waals surface area contributed by atoms with Crippen molar-refractivity contribution in [2.45, 2.75) is 6.92 Å². The molecule has 0 aliphatic heterocycles. The third-order valence-corrected chi connectivity index (χ3v) is 6.25. The summed E-state index contributed by atoms with van der Waals surface area (Å²) in [4.78, 5) is 0. The van der Waals surface area contributed by atoms with Crippen molar-refractivity contribution >= 4 is 33.9 Å². The molecule has 0 saturated carbocycles. The summed E-state index contributed by atoms with van der Waals surface area (Å²) in [5.74, 6) is 0. The number of nitrogens with one attached hydrogen (secondary N) is 1. The van der Waals surface area contributed by atoms with Crippen molar-refractivity contribution < 1.29 is 0 Å². The molecule has 2 aromatic carbocycles. The maximum absolute atomic E-state index is 6.42. The molecule has 0 saturated heterocycles. The summed E-state index contributed by atoms with van der Waals surface area (Å²) in [5.41, 5.74) is 2.36. The van der Waals surface area contributed by atoms with Crippen LogP contribution in [0.4, 0.5) is 5.69 Å². The Hall–Kier alpha value is -0.912. The zero-order valence-corrected chi connectivity index (χ0v) is 11.7. The van der Waals surface area contributed by atoms with E-state index in [9.17, 15) is 0 Å². The number of anilines is 1. The van der Waals surface area contributed by atoms with Gasteiger partial charge in [0.05, 0.1) is 0 Å². The van der Waals surface area contributed by atoms with E-state index in [1.165, 1.54) is 9.91 Å². The Labute approximate surface area is 105 Å². The summed E-state index contributed by atoms with van der Waals surface area (Å²) in [6.45, 7) is 2.08. The van der Waals surface area contributed by atoms with Gasteiger partial charge in [0.25, 0.3) is 0 Å². The van der Waals surface area contributed by atoms with Gasteiger partial charge in [0, 0.05) is 0 Å². The van der Waals surface area contributed by atoms with E-state index in [1.54, 1.807) is 0 Å². The summed E-state index contributed by atoms with van der Waals surface area (Å²) in [6, 6.07) is 18.5. The number of hydrogen-bond donors (Lipinski definition) is 1. The Morgan fingerprint density at radius 3 is 2.19 bits per heavy atom. The summed E-state index contributed by atoms with van der Waals surface area (Å²) < 4.78 is 4.62. The number of aryl methyl sites for hydroxylation is 1. The molecule has 0 aromatic heterocycles. The van der Waals surface area contributed by atoms with E-state index in [-0.39, 0.29) is 0 Å². The van der Waals surface area contributed by atoms with Crippen molar-refractivity contribution in [2.75, 3.05) is 4.23 Å². The average molecular weight is 294 g/mol. The topological polar surface area (TPSA) is 12.0 Å². The molecular weight excluding hydrogens is 281 g/mol. The maximum atomic E-state index is 6.42. The molecule has 0 aliphatic rings. The predicted molar refractivity (Wildman–Crippen MR) is 72.5 cm³/mol. The summed E-state index contributed by atoms with van der Waals surface area (Å²) >= 11 is -1.65. The van der Waals surface area contributed by atoms with Gasteiger partial charge in [-0.1, -0.05) is 0 Å². The molecule has 1 N–H and O–H groups in total. The van der Waals surface area contributed by atoms with Crippen LogP contribution >= 0.6 is 9.95 Å². The monoisotopic (exact) mass is 293 g/mol. The van der Waals surface area contributed by atoms with Gasteiger partial charge in [-0.05, 0) is 0 Å². The van der Waals surface area contributed by atoms with E-state index < -0.39 is 13.9 Å². The first-order valence-electron chi connectivity index (χ1n) is 5.10. The van der Waals surface area contributed by atoms with E-state index in [0.29, 0.717) is 0 Å². The number of rotatable bonds is 3. The molecule has 16 heavy (non-hydrogen) atoms. The van der Waals surface area contributed by atoms with Crippen molar-refractivity contribution in [1.82, 2.24) is 0 Å². The van der Waals surface area contributed by atoms with Crippen LogP contribution in [0.15, 0.2) is 54.6 Å². The van der Waals surface area contributed by atoms with Crippen LogP contribution in [-0.4, -0.2) is 13.9 Å². The molecule has 1 unspecified atom stereocenters. The van der Waals surface area contributed by atoms with Crippen LogP contribution in [-0.2, 0) is 0 Å². The Bertz CT molecular complexity index is 441. The SMILES string of the molecule is Cc1ccc(N[As](Cl)c2ccccc2)cc1. The quantitative estimate of drug-likeness (QED) is 0.858. The van der Waals surface area contributed by atoms with Gasteiger partial charge in [-0.2, -0.15) is 0 Å². The van der Waals surface area contributed by atoms with Crippen molar-refractivity contribution in [2.24, 2.45) is 0 Å². The van der Waals surface area contributed by atoms with Gasteiger partial charge in [-0.15, -0.1) is 0 Å². The van der Waals surface area contributed by atoms with Crippen molar-refractivity contribution in [3.05, 3.63) is 60.2 Å². The molecule has 0 heterocycles. The van der Waals surface area contributed by atoms with Crippen LogP contribution in [0.3, 0.4) is 0 Å². The fraction of sp³-hybridized carbons (Fsp3) is 0.0769. The van der Waals surface area contributed by atoms with E-state index in [4.69, 9.17) is 9.95 Å². The Kier molecular flexibility index (Phi) is 3.92. The fourth-order valence-electron chi connectivity index (χ4n) is 1.36. The molecule has 0 spiro atoms. The number of hydrogen-bond acceptors (Lipinski definition) is 1. The Morgan fingerprint density at radius 1 is 0.938 bits per heavy atom. The molecule has 1 nitrogen and oxygen atoms in total. The molecule has 0 aliphatic carbocycles. The second kappa shape index (κ2) is 5.43.